The predicted molar refractivity (Wildman–Crippen MR) is 107 cm³/mol. The molecule has 1 aliphatic heterocycles. The number of rotatable bonds is 3. The standard InChI is InChI=1S/C21H26N4O3/c1-21(2,3)28-20(27)25-11-9-16(10-12-25)19(26)24-17-13-22-18(23-14-17)15-7-5-4-6-8-15/h4-8,13-14,16H,9-12H2,1-3H3,(H,24,26). The molecule has 1 aromatic heterocycles. The Hall–Kier alpha value is -2.96. The summed E-state index contributed by atoms with van der Waals surface area (Å²) in [6, 6.07) is 9.67. The van der Waals surface area contributed by atoms with Crippen LogP contribution in [-0.4, -0.2) is 45.6 Å². The SMILES string of the molecule is CC(C)(C)OC(=O)N1CCC(C(=O)Nc2cnc(-c3ccccc3)nc2)CC1. The topological polar surface area (TPSA) is 84.4 Å². The predicted octanol–water partition coefficient (Wildman–Crippen LogP) is 3.73. The van der Waals surface area contributed by atoms with Gasteiger partial charge in [-0.2, -0.15) is 0 Å². The number of ether oxygens (including phenoxy) is 1. The van der Waals surface area contributed by atoms with E-state index < -0.39 is 5.60 Å². The molecule has 3 rings (SSSR count). The Morgan fingerprint density at radius 1 is 1.07 bits per heavy atom. The monoisotopic (exact) mass is 382 g/mol. The molecule has 2 aromatic rings. The van der Waals surface area contributed by atoms with Crippen molar-refractivity contribution >= 4 is 17.7 Å². The van der Waals surface area contributed by atoms with E-state index in [0.717, 1.165) is 5.56 Å². The highest BCUT2D eigenvalue weighted by Crippen LogP contribution is 2.22. The number of amides is 2. The summed E-state index contributed by atoms with van der Waals surface area (Å²) in [4.78, 5) is 34.9. The maximum atomic E-state index is 12.5. The molecule has 1 aromatic carbocycles. The maximum absolute atomic E-state index is 12.5. The van der Waals surface area contributed by atoms with Gasteiger partial charge in [0.05, 0.1) is 18.1 Å². The first-order valence-electron chi connectivity index (χ1n) is 9.48. The zero-order valence-corrected chi connectivity index (χ0v) is 16.5. The van der Waals surface area contributed by atoms with Gasteiger partial charge < -0.3 is 15.0 Å². The summed E-state index contributed by atoms with van der Waals surface area (Å²) < 4.78 is 5.39. The molecule has 0 aliphatic carbocycles. The summed E-state index contributed by atoms with van der Waals surface area (Å²) in [5, 5.41) is 2.87. The number of nitrogens with one attached hydrogen (secondary N) is 1. The van der Waals surface area contributed by atoms with Gasteiger partial charge in [0, 0.05) is 24.6 Å². The van der Waals surface area contributed by atoms with Gasteiger partial charge >= 0.3 is 6.09 Å². The summed E-state index contributed by atoms with van der Waals surface area (Å²) >= 11 is 0. The minimum Gasteiger partial charge on any atom is -0.444 e. The van der Waals surface area contributed by atoms with Gasteiger partial charge in [-0.05, 0) is 33.6 Å². The van der Waals surface area contributed by atoms with Crippen LogP contribution in [0.4, 0.5) is 10.5 Å². The first-order chi connectivity index (χ1) is 13.3. The smallest absolute Gasteiger partial charge is 0.410 e. The van der Waals surface area contributed by atoms with Crippen molar-refractivity contribution in [2.45, 2.75) is 39.2 Å². The van der Waals surface area contributed by atoms with Crippen molar-refractivity contribution in [3.05, 3.63) is 42.7 Å². The lowest BCUT2D eigenvalue weighted by Crippen LogP contribution is -2.43. The van der Waals surface area contributed by atoms with Gasteiger partial charge in [0.15, 0.2) is 5.82 Å². The zero-order chi connectivity index (χ0) is 20.1. The molecule has 7 heteroatoms. The van der Waals surface area contributed by atoms with E-state index in [1.54, 1.807) is 17.3 Å². The number of carbonyl (C=O) groups is 2. The minimum atomic E-state index is -0.517. The zero-order valence-electron chi connectivity index (χ0n) is 16.5. The largest absolute Gasteiger partial charge is 0.444 e. The summed E-state index contributed by atoms with van der Waals surface area (Å²) in [6.07, 6.45) is 4.12. The fraction of sp³-hybridized carbons (Fsp3) is 0.429. The number of piperidine rings is 1. The van der Waals surface area contributed by atoms with Crippen molar-refractivity contribution in [3.8, 4) is 11.4 Å². The molecule has 1 fully saturated rings. The molecule has 2 heterocycles. The molecule has 0 radical (unpaired) electrons. The van der Waals surface area contributed by atoms with Crippen molar-refractivity contribution < 1.29 is 14.3 Å². The third kappa shape index (κ3) is 5.28. The second-order valence-corrected chi connectivity index (χ2v) is 7.89. The molecule has 0 spiro atoms. The number of anilines is 1. The summed E-state index contributed by atoms with van der Waals surface area (Å²) in [5.74, 6) is 0.400. The average molecular weight is 382 g/mol. The summed E-state index contributed by atoms with van der Waals surface area (Å²) in [5.41, 5.74) is 0.978. The van der Waals surface area contributed by atoms with Gasteiger partial charge in [-0.15, -0.1) is 0 Å². The number of likely N-dealkylation sites (tertiary alicyclic amines) is 1. The van der Waals surface area contributed by atoms with Crippen LogP contribution in [0.2, 0.25) is 0 Å². The Bertz CT molecular complexity index is 808. The number of carbonyl (C=O) groups excluding carboxylic acids is 2. The van der Waals surface area contributed by atoms with E-state index in [2.05, 4.69) is 15.3 Å². The number of nitrogens with zero attached hydrogens (tertiary/aromatic N) is 3. The highest BCUT2D eigenvalue weighted by atomic mass is 16.6. The fourth-order valence-corrected chi connectivity index (χ4v) is 3.02. The molecular formula is C21H26N4O3. The van der Waals surface area contributed by atoms with Crippen LogP contribution in [0.25, 0.3) is 11.4 Å². The fourth-order valence-electron chi connectivity index (χ4n) is 3.02. The molecule has 148 valence electrons. The Kier molecular flexibility index (Phi) is 5.92. The molecule has 2 amide bonds. The third-order valence-electron chi connectivity index (χ3n) is 4.47. The van der Waals surface area contributed by atoms with Crippen molar-refractivity contribution in [1.29, 1.82) is 0 Å². The second-order valence-electron chi connectivity index (χ2n) is 7.89. The molecule has 1 N–H and O–H groups in total. The Morgan fingerprint density at radius 3 is 2.25 bits per heavy atom. The number of hydrogen-bond acceptors (Lipinski definition) is 5. The molecule has 0 bridgehead atoms. The van der Waals surface area contributed by atoms with Gasteiger partial charge in [-0.1, -0.05) is 30.3 Å². The Labute approximate surface area is 165 Å². The summed E-state index contributed by atoms with van der Waals surface area (Å²) in [7, 11) is 0. The molecule has 0 atom stereocenters. The minimum absolute atomic E-state index is 0.0695. The highest BCUT2D eigenvalue weighted by Gasteiger charge is 2.30. The van der Waals surface area contributed by atoms with E-state index >= 15 is 0 Å². The van der Waals surface area contributed by atoms with E-state index in [4.69, 9.17) is 4.74 Å². The molecule has 0 unspecified atom stereocenters. The Balaban J connectivity index is 1.51. The van der Waals surface area contributed by atoms with E-state index in [-0.39, 0.29) is 17.9 Å². The van der Waals surface area contributed by atoms with Crippen LogP contribution in [-0.2, 0) is 9.53 Å². The van der Waals surface area contributed by atoms with Gasteiger partial charge in [0.2, 0.25) is 5.91 Å². The lowest BCUT2D eigenvalue weighted by atomic mass is 9.96. The van der Waals surface area contributed by atoms with E-state index in [1.165, 1.54) is 0 Å². The normalized spacial score (nSPS) is 15.2. The van der Waals surface area contributed by atoms with Crippen LogP contribution in [0.15, 0.2) is 42.7 Å². The molecule has 1 saturated heterocycles. The number of benzene rings is 1. The molecule has 7 nitrogen and oxygen atoms in total. The van der Waals surface area contributed by atoms with Gasteiger partial charge in [0.25, 0.3) is 0 Å². The Morgan fingerprint density at radius 2 is 1.68 bits per heavy atom. The average Bonchev–Trinajstić information content (AvgIpc) is 2.68. The van der Waals surface area contributed by atoms with Crippen LogP contribution in [0.1, 0.15) is 33.6 Å². The second kappa shape index (κ2) is 8.37. The molecule has 28 heavy (non-hydrogen) atoms. The van der Waals surface area contributed by atoms with Gasteiger partial charge in [-0.3, -0.25) is 4.79 Å². The molecule has 1 aliphatic rings. The molecule has 0 saturated carbocycles. The van der Waals surface area contributed by atoms with Crippen LogP contribution < -0.4 is 5.32 Å². The third-order valence-corrected chi connectivity index (χ3v) is 4.47. The quantitative estimate of drug-likeness (QED) is 0.874. The lowest BCUT2D eigenvalue weighted by molar-refractivity contribution is -0.121. The van der Waals surface area contributed by atoms with Crippen molar-refractivity contribution in [3.63, 3.8) is 0 Å². The lowest BCUT2D eigenvalue weighted by Gasteiger charge is -2.32. The van der Waals surface area contributed by atoms with Gasteiger partial charge in [-0.25, -0.2) is 14.8 Å². The number of aromatic nitrogens is 2. The van der Waals surface area contributed by atoms with Crippen LogP contribution in [0.3, 0.4) is 0 Å². The van der Waals surface area contributed by atoms with E-state index in [0.29, 0.717) is 37.4 Å². The maximum Gasteiger partial charge on any atom is 0.410 e. The first kappa shape index (κ1) is 19.8. The first-order valence-corrected chi connectivity index (χ1v) is 9.48. The van der Waals surface area contributed by atoms with E-state index in [1.807, 2.05) is 51.1 Å². The van der Waals surface area contributed by atoms with Crippen molar-refractivity contribution in [2.24, 2.45) is 5.92 Å². The van der Waals surface area contributed by atoms with E-state index in [9.17, 15) is 9.59 Å². The highest BCUT2D eigenvalue weighted by molar-refractivity contribution is 5.92. The summed E-state index contributed by atoms with van der Waals surface area (Å²) in [6.45, 7) is 6.55. The number of hydrogen-bond donors (Lipinski definition) is 1. The van der Waals surface area contributed by atoms with Crippen LogP contribution in [0.5, 0.6) is 0 Å². The van der Waals surface area contributed by atoms with Crippen molar-refractivity contribution in [2.75, 3.05) is 18.4 Å². The molecular weight excluding hydrogens is 356 g/mol. The van der Waals surface area contributed by atoms with Crippen molar-refractivity contribution in [1.82, 2.24) is 14.9 Å². The van der Waals surface area contributed by atoms with Crippen LogP contribution in [0, 0.1) is 5.92 Å². The van der Waals surface area contributed by atoms with Gasteiger partial charge in [0.1, 0.15) is 5.60 Å². The van der Waals surface area contributed by atoms with Crippen LogP contribution >= 0.6 is 0 Å².